The summed E-state index contributed by atoms with van der Waals surface area (Å²) in [7, 11) is 0. The van der Waals surface area contributed by atoms with Crippen molar-refractivity contribution in [1.29, 1.82) is 0 Å². The van der Waals surface area contributed by atoms with Gasteiger partial charge in [-0.3, -0.25) is 4.79 Å². The lowest BCUT2D eigenvalue weighted by Gasteiger charge is -2.30. The van der Waals surface area contributed by atoms with Gasteiger partial charge in [-0.15, -0.1) is 0 Å². The number of aryl methyl sites for hydroxylation is 2. The zero-order valence-corrected chi connectivity index (χ0v) is 12.7. The van der Waals surface area contributed by atoms with E-state index in [1.54, 1.807) is 0 Å². The highest BCUT2D eigenvalue weighted by Gasteiger charge is 2.37. The molecule has 0 radical (unpaired) electrons. The van der Waals surface area contributed by atoms with Gasteiger partial charge in [-0.2, -0.15) is 0 Å². The summed E-state index contributed by atoms with van der Waals surface area (Å²) < 4.78 is 0. The molecule has 3 N–H and O–H groups in total. The van der Waals surface area contributed by atoms with Crippen molar-refractivity contribution in [2.75, 3.05) is 11.9 Å². The van der Waals surface area contributed by atoms with Crippen LogP contribution >= 0.6 is 0 Å². The topological polar surface area (TPSA) is 55.1 Å². The number of rotatable bonds is 3. The van der Waals surface area contributed by atoms with Crippen LogP contribution in [0.2, 0.25) is 0 Å². The molecule has 0 aromatic heterocycles. The number of anilines is 1. The van der Waals surface area contributed by atoms with E-state index in [-0.39, 0.29) is 11.3 Å². The predicted molar refractivity (Wildman–Crippen MR) is 83.7 cm³/mol. The Morgan fingerprint density at radius 1 is 1.10 bits per heavy atom. The van der Waals surface area contributed by atoms with Gasteiger partial charge < -0.3 is 11.1 Å². The lowest BCUT2D eigenvalue weighted by molar-refractivity contribution is -0.125. The van der Waals surface area contributed by atoms with Crippen molar-refractivity contribution < 1.29 is 4.79 Å². The molecule has 1 amide bonds. The third-order valence-corrected chi connectivity index (χ3v) is 4.41. The molecule has 2 rings (SSSR count). The number of hydrogen-bond acceptors (Lipinski definition) is 2. The van der Waals surface area contributed by atoms with Crippen molar-refractivity contribution in [3.8, 4) is 0 Å². The minimum atomic E-state index is -0.367. The van der Waals surface area contributed by atoms with Crippen LogP contribution in [0.3, 0.4) is 0 Å². The molecular weight excluding hydrogens is 248 g/mol. The van der Waals surface area contributed by atoms with Crippen LogP contribution in [0, 0.1) is 19.3 Å². The quantitative estimate of drug-likeness (QED) is 0.828. The number of carbonyl (C=O) groups is 1. The summed E-state index contributed by atoms with van der Waals surface area (Å²) in [6, 6.07) is 6.15. The summed E-state index contributed by atoms with van der Waals surface area (Å²) >= 11 is 0. The second-order valence-corrected chi connectivity index (χ2v) is 6.23. The zero-order valence-electron chi connectivity index (χ0n) is 12.7. The predicted octanol–water partition coefficient (Wildman–Crippen LogP) is 3.54. The molecule has 0 heterocycles. The molecule has 0 spiro atoms. The number of hydrogen-bond donors (Lipinski definition) is 2. The van der Waals surface area contributed by atoms with Gasteiger partial charge in [0.1, 0.15) is 0 Å². The molecule has 1 aromatic rings. The van der Waals surface area contributed by atoms with Gasteiger partial charge in [-0.25, -0.2) is 0 Å². The molecule has 0 atom stereocenters. The first kappa shape index (κ1) is 15.0. The monoisotopic (exact) mass is 274 g/mol. The molecule has 3 nitrogen and oxygen atoms in total. The average molecular weight is 274 g/mol. The molecule has 1 saturated carbocycles. The SMILES string of the molecule is Cc1cc(C)cc(NC(=O)C2(CN)CCCCCC2)c1. The number of nitrogens with two attached hydrogens (primary N) is 1. The fourth-order valence-corrected chi connectivity index (χ4v) is 3.24. The lowest BCUT2D eigenvalue weighted by Crippen LogP contribution is -2.42. The average Bonchev–Trinajstić information content (AvgIpc) is 2.63. The number of amides is 1. The third-order valence-electron chi connectivity index (χ3n) is 4.41. The van der Waals surface area contributed by atoms with Crippen molar-refractivity contribution in [2.24, 2.45) is 11.1 Å². The molecule has 0 aliphatic heterocycles. The molecule has 1 aliphatic carbocycles. The summed E-state index contributed by atoms with van der Waals surface area (Å²) in [4.78, 5) is 12.7. The normalized spacial score (nSPS) is 18.4. The molecular formula is C17H26N2O. The van der Waals surface area contributed by atoms with Crippen molar-refractivity contribution in [2.45, 2.75) is 52.4 Å². The van der Waals surface area contributed by atoms with Gasteiger partial charge in [0, 0.05) is 12.2 Å². The van der Waals surface area contributed by atoms with Gasteiger partial charge in [-0.05, 0) is 49.9 Å². The molecule has 1 aliphatic rings. The minimum absolute atomic E-state index is 0.104. The Balaban J connectivity index is 2.16. The molecule has 20 heavy (non-hydrogen) atoms. The van der Waals surface area contributed by atoms with Crippen molar-refractivity contribution >= 4 is 11.6 Å². The Hall–Kier alpha value is -1.35. The second-order valence-electron chi connectivity index (χ2n) is 6.23. The molecule has 1 aromatic carbocycles. The molecule has 3 heteroatoms. The van der Waals surface area contributed by atoms with Crippen LogP contribution in [0.4, 0.5) is 5.69 Å². The van der Waals surface area contributed by atoms with E-state index in [0.29, 0.717) is 6.54 Å². The molecule has 110 valence electrons. The Labute approximate surface area is 121 Å². The van der Waals surface area contributed by atoms with E-state index in [4.69, 9.17) is 5.73 Å². The maximum Gasteiger partial charge on any atom is 0.231 e. The highest BCUT2D eigenvalue weighted by molar-refractivity contribution is 5.95. The van der Waals surface area contributed by atoms with Crippen molar-refractivity contribution in [3.63, 3.8) is 0 Å². The summed E-state index contributed by atoms with van der Waals surface area (Å²) in [6.07, 6.45) is 6.49. The summed E-state index contributed by atoms with van der Waals surface area (Å²) in [5.74, 6) is 0.104. The fourth-order valence-electron chi connectivity index (χ4n) is 3.24. The molecule has 1 fully saturated rings. The first-order valence-electron chi connectivity index (χ1n) is 7.66. The highest BCUT2D eigenvalue weighted by Crippen LogP contribution is 2.35. The Morgan fingerprint density at radius 3 is 2.15 bits per heavy atom. The third kappa shape index (κ3) is 3.40. The summed E-state index contributed by atoms with van der Waals surface area (Å²) in [6.45, 7) is 4.55. The summed E-state index contributed by atoms with van der Waals surface area (Å²) in [5, 5.41) is 3.09. The van der Waals surface area contributed by atoms with Crippen LogP contribution in [0.1, 0.15) is 49.7 Å². The van der Waals surface area contributed by atoms with Crippen LogP contribution in [0.15, 0.2) is 18.2 Å². The Bertz CT molecular complexity index is 454. The molecule has 0 bridgehead atoms. The zero-order chi connectivity index (χ0) is 14.6. The van der Waals surface area contributed by atoms with Crippen LogP contribution < -0.4 is 11.1 Å². The van der Waals surface area contributed by atoms with Crippen LogP contribution in [-0.2, 0) is 4.79 Å². The summed E-state index contributed by atoms with van der Waals surface area (Å²) in [5.41, 5.74) is 8.83. The maximum absolute atomic E-state index is 12.7. The van der Waals surface area contributed by atoms with E-state index in [9.17, 15) is 4.79 Å². The molecule has 0 unspecified atom stereocenters. The van der Waals surface area contributed by atoms with Gasteiger partial charge in [0.05, 0.1) is 5.41 Å². The smallest absolute Gasteiger partial charge is 0.231 e. The van der Waals surface area contributed by atoms with Crippen molar-refractivity contribution in [3.05, 3.63) is 29.3 Å². The number of carbonyl (C=O) groups excluding carboxylic acids is 1. The first-order chi connectivity index (χ1) is 9.55. The van der Waals surface area contributed by atoms with E-state index >= 15 is 0 Å². The van der Waals surface area contributed by atoms with Crippen LogP contribution in [-0.4, -0.2) is 12.5 Å². The van der Waals surface area contributed by atoms with Gasteiger partial charge in [-0.1, -0.05) is 31.7 Å². The lowest BCUT2D eigenvalue weighted by atomic mass is 9.79. The van der Waals surface area contributed by atoms with Crippen LogP contribution in [0.5, 0.6) is 0 Å². The minimum Gasteiger partial charge on any atom is -0.329 e. The number of nitrogens with one attached hydrogen (secondary N) is 1. The van der Waals surface area contributed by atoms with E-state index in [0.717, 1.165) is 31.4 Å². The maximum atomic E-state index is 12.7. The van der Waals surface area contributed by atoms with E-state index in [1.165, 1.54) is 24.0 Å². The Morgan fingerprint density at radius 2 is 1.65 bits per heavy atom. The number of benzene rings is 1. The fraction of sp³-hybridized carbons (Fsp3) is 0.588. The van der Waals surface area contributed by atoms with Gasteiger partial charge in [0.2, 0.25) is 5.91 Å². The standard InChI is InChI=1S/C17H26N2O/c1-13-9-14(2)11-15(10-13)19-16(20)17(12-18)7-5-3-4-6-8-17/h9-11H,3-8,12,18H2,1-2H3,(H,19,20). The van der Waals surface area contributed by atoms with Gasteiger partial charge >= 0.3 is 0 Å². The van der Waals surface area contributed by atoms with Gasteiger partial charge in [0.25, 0.3) is 0 Å². The highest BCUT2D eigenvalue weighted by atomic mass is 16.2. The molecule has 0 saturated heterocycles. The first-order valence-corrected chi connectivity index (χ1v) is 7.66. The van der Waals surface area contributed by atoms with E-state index in [1.807, 2.05) is 26.0 Å². The Kier molecular flexibility index (Phi) is 4.81. The van der Waals surface area contributed by atoms with E-state index in [2.05, 4.69) is 11.4 Å². The largest absolute Gasteiger partial charge is 0.329 e. The van der Waals surface area contributed by atoms with Gasteiger partial charge in [0.15, 0.2) is 0 Å². The van der Waals surface area contributed by atoms with Crippen molar-refractivity contribution in [1.82, 2.24) is 0 Å². The van der Waals surface area contributed by atoms with E-state index < -0.39 is 0 Å². The second kappa shape index (κ2) is 6.40. The van der Waals surface area contributed by atoms with Crippen LogP contribution in [0.25, 0.3) is 0 Å².